The lowest BCUT2D eigenvalue weighted by Gasteiger charge is -2.05. The standard InChI is InChI=1S/C16H16Cl2N4O2/c1-9(2)15-11(7-22(3)20-15)16-19-14(24-21-16)8-23-13-5-4-10(17)6-12(13)18/h4-7,9H,8H2,1-3H3. The Morgan fingerprint density at radius 1 is 1.29 bits per heavy atom. The predicted molar refractivity (Wildman–Crippen MR) is 91.4 cm³/mol. The molecule has 0 saturated carbocycles. The van der Waals surface area contributed by atoms with E-state index >= 15 is 0 Å². The Kier molecular flexibility index (Phi) is 4.78. The van der Waals surface area contributed by atoms with Crippen molar-refractivity contribution in [2.75, 3.05) is 0 Å². The molecule has 0 unspecified atom stereocenters. The van der Waals surface area contributed by atoms with Crippen molar-refractivity contribution in [3.8, 4) is 17.1 Å². The molecule has 0 fully saturated rings. The summed E-state index contributed by atoms with van der Waals surface area (Å²) in [7, 11) is 1.86. The van der Waals surface area contributed by atoms with Gasteiger partial charge in [-0.15, -0.1) is 0 Å². The number of rotatable bonds is 5. The van der Waals surface area contributed by atoms with Crippen LogP contribution in [0.5, 0.6) is 5.75 Å². The summed E-state index contributed by atoms with van der Waals surface area (Å²) in [4.78, 5) is 4.37. The van der Waals surface area contributed by atoms with Gasteiger partial charge in [0.15, 0.2) is 6.61 Å². The molecular formula is C16H16Cl2N4O2. The zero-order chi connectivity index (χ0) is 17.3. The van der Waals surface area contributed by atoms with Gasteiger partial charge in [0.05, 0.1) is 16.3 Å². The summed E-state index contributed by atoms with van der Waals surface area (Å²) in [5.74, 6) is 1.61. The van der Waals surface area contributed by atoms with Crippen molar-refractivity contribution < 1.29 is 9.26 Å². The van der Waals surface area contributed by atoms with Crippen molar-refractivity contribution in [3.05, 3.63) is 46.0 Å². The van der Waals surface area contributed by atoms with Crippen LogP contribution in [0.15, 0.2) is 28.9 Å². The van der Waals surface area contributed by atoms with Crippen molar-refractivity contribution in [1.82, 2.24) is 19.9 Å². The molecule has 0 radical (unpaired) electrons. The first-order chi connectivity index (χ1) is 11.4. The van der Waals surface area contributed by atoms with Gasteiger partial charge in [0.1, 0.15) is 5.75 Å². The highest BCUT2D eigenvalue weighted by molar-refractivity contribution is 6.35. The summed E-state index contributed by atoms with van der Waals surface area (Å²) in [6.45, 7) is 4.25. The maximum Gasteiger partial charge on any atom is 0.264 e. The lowest BCUT2D eigenvalue weighted by atomic mass is 10.1. The topological polar surface area (TPSA) is 66.0 Å². The molecule has 0 saturated heterocycles. The molecule has 2 heterocycles. The van der Waals surface area contributed by atoms with E-state index in [4.69, 9.17) is 32.5 Å². The van der Waals surface area contributed by atoms with Crippen LogP contribution in [0, 0.1) is 0 Å². The summed E-state index contributed by atoms with van der Waals surface area (Å²) >= 11 is 11.9. The molecule has 24 heavy (non-hydrogen) atoms. The van der Waals surface area contributed by atoms with Crippen LogP contribution in [0.3, 0.4) is 0 Å². The number of aromatic nitrogens is 4. The van der Waals surface area contributed by atoms with Gasteiger partial charge < -0.3 is 9.26 Å². The van der Waals surface area contributed by atoms with E-state index in [1.165, 1.54) is 0 Å². The molecule has 2 aromatic heterocycles. The van der Waals surface area contributed by atoms with Crippen molar-refractivity contribution >= 4 is 23.2 Å². The van der Waals surface area contributed by atoms with E-state index in [9.17, 15) is 0 Å². The summed E-state index contributed by atoms with van der Waals surface area (Å²) in [6, 6.07) is 5.01. The zero-order valence-electron chi connectivity index (χ0n) is 13.5. The molecule has 0 aliphatic heterocycles. The first kappa shape index (κ1) is 16.8. The van der Waals surface area contributed by atoms with Crippen molar-refractivity contribution in [2.45, 2.75) is 26.4 Å². The van der Waals surface area contributed by atoms with Crippen LogP contribution in [0.1, 0.15) is 31.4 Å². The van der Waals surface area contributed by atoms with Crippen LogP contribution in [0.25, 0.3) is 11.4 Å². The average Bonchev–Trinajstić information content (AvgIpc) is 3.12. The molecule has 0 amide bonds. The Bertz CT molecular complexity index is 858. The highest BCUT2D eigenvalue weighted by Gasteiger charge is 2.18. The van der Waals surface area contributed by atoms with Gasteiger partial charge in [-0.3, -0.25) is 4.68 Å². The van der Waals surface area contributed by atoms with Gasteiger partial charge >= 0.3 is 0 Å². The van der Waals surface area contributed by atoms with Crippen molar-refractivity contribution in [3.63, 3.8) is 0 Å². The molecule has 0 aliphatic rings. The summed E-state index contributed by atoms with van der Waals surface area (Å²) in [5.41, 5.74) is 1.78. The Hall–Kier alpha value is -2.05. The van der Waals surface area contributed by atoms with Crippen LogP contribution >= 0.6 is 23.2 Å². The molecule has 6 nitrogen and oxygen atoms in total. The van der Waals surface area contributed by atoms with E-state index < -0.39 is 0 Å². The second-order valence-electron chi connectivity index (χ2n) is 5.63. The number of halogens is 2. The minimum absolute atomic E-state index is 0.117. The SMILES string of the molecule is CC(C)c1nn(C)cc1-c1noc(COc2ccc(Cl)cc2Cl)n1. The number of hydrogen-bond donors (Lipinski definition) is 0. The summed E-state index contributed by atoms with van der Waals surface area (Å²) < 4.78 is 12.6. The molecule has 1 aromatic carbocycles. The van der Waals surface area contributed by atoms with E-state index in [-0.39, 0.29) is 12.5 Å². The predicted octanol–water partition coefficient (Wildman–Crippen LogP) is 4.48. The highest BCUT2D eigenvalue weighted by Crippen LogP contribution is 2.29. The Balaban J connectivity index is 1.76. The fourth-order valence-electron chi connectivity index (χ4n) is 2.26. The average molecular weight is 367 g/mol. The molecule has 3 rings (SSSR count). The van der Waals surface area contributed by atoms with Gasteiger partial charge in [-0.1, -0.05) is 42.2 Å². The molecule has 0 N–H and O–H groups in total. The van der Waals surface area contributed by atoms with Gasteiger partial charge in [0.25, 0.3) is 5.89 Å². The normalized spacial score (nSPS) is 11.2. The first-order valence-electron chi connectivity index (χ1n) is 7.38. The zero-order valence-corrected chi connectivity index (χ0v) is 15.0. The highest BCUT2D eigenvalue weighted by atomic mass is 35.5. The number of ether oxygens (including phenoxy) is 1. The second kappa shape index (κ2) is 6.83. The van der Waals surface area contributed by atoms with Crippen LogP contribution in [-0.4, -0.2) is 19.9 Å². The third-order valence-corrected chi connectivity index (χ3v) is 3.89. The quantitative estimate of drug-likeness (QED) is 0.665. The van der Waals surface area contributed by atoms with Crippen molar-refractivity contribution in [1.29, 1.82) is 0 Å². The fourth-order valence-corrected chi connectivity index (χ4v) is 2.72. The van der Waals surface area contributed by atoms with Crippen molar-refractivity contribution in [2.24, 2.45) is 7.05 Å². The third-order valence-electron chi connectivity index (χ3n) is 3.36. The monoisotopic (exact) mass is 366 g/mol. The molecule has 126 valence electrons. The molecule has 0 atom stereocenters. The van der Waals surface area contributed by atoms with Crippen LogP contribution in [-0.2, 0) is 13.7 Å². The Labute approximate surface area is 149 Å². The molecule has 0 bridgehead atoms. The lowest BCUT2D eigenvalue weighted by Crippen LogP contribution is -1.97. The van der Waals surface area contributed by atoms with E-state index in [0.717, 1.165) is 11.3 Å². The van der Waals surface area contributed by atoms with E-state index in [1.807, 2.05) is 13.2 Å². The van der Waals surface area contributed by atoms with Crippen LogP contribution in [0.2, 0.25) is 10.0 Å². The summed E-state index contributed by atoms with van der Waals surface area (Å²) in [6.07, 6.45) is 1.88. The molecule has 3 aromatic rings. The maximum absolute atomic E-state index is 6.07. The first-order valence-corrected chi connectivity index (χ1v) is 8.14. The largest absolute Gasteiger partial charge is 0.482 e. The van der Waals surface area contributed by atoms with Gasteiger partial charge in [-0.05, 0) is 24.1 Å². The van der Waals surface area contributed by atoms with Gasteiger partial charge in [0.2, 0.25) is 5.82 Å². The van der Waals surface area contributed by atoms with Gasteiger partial charge in [-0.25, -0.2) is 0 Å². The van der Waals surface area contributed by atoms with E-state index in [0.29, 0.717) is 27.5 Å². The van der Waals surface area contributed by atoms with Crippen LogP contribution in [0.4, 0.5) is 0 Å². The molecule has 8 heteroatoms. The van der Waals surface area contributed by atoms with E-state index in [1.54, 1.807) is 22.9 Å². The summed E-state index contributed by atoms with van der Waals surface area (Å²) in [5, 5.41) is 9.44. The third kappa shape index (κ3) is 3.55. The van der Waals surface area contributed by atoms with E-state index in [2.05, 4.69) is 29.1 Å². The number of aryl methyl sites for hydroxylation is 1. The second-order valence-corrected chi connectivity index (χ2v) is 6.48. The fraction of sp³-hybridized carbons (Fsp3) is 0.312. The van der Waals surface area contributed by atoms with Gasteiger partial charge in [-0.2, -0.15) is 10.1 Å². The number of hydrogen-bond acceptors (Lipinski definition) is 5. The Morgan fingerprint density at radius 3 is 2.79 bits per heavy atom. The van der Waals surface area contributed by atoms with Gasteiger partial charge in [0, 0.05) is 18.3 Å². The number of benzene rings is 1. The lowest BCUT2D eigenvalue weighted by molar-refractivity contribution is 0.243. The Morgan fingerprint density at radius 2 is 2.08 bits per heavy atom. The van der Waals surface area contributed by atoms with Crippen LogP contribution < -0.4 is 4.74 Å². The minimum Gasteiger partial charge on any atom is -0.482 e. The molecular weight excluding hydrogens is 351 g/mol. The number of nitrogens with zero attached hydrogens (tertiary/aromatic N) is 4. The molecule has 0 spiro atoms. The maximum atomic E-state index is 6.07. The molecule has 0 aliphatic carbocycles. The minimum atomic E-state index is 0.117. The smallest absolute Gasteiger partial charge is 0.264 e.